The number of carbonyl (C=O) groups is 1. The Bertz CT molecular complexity index is 362. The fourth-order valence-corrected chi connectivity index (χ4v) is 1.63. The molecular formula is C15H23NO3. The normalized spacial score (nSPS) is 10.2. The smallest absolute Gasteiger partial charge is 0.220 e. The molecule has 19 heavy (non-hydrogen) atoms. The SMILES string of the molecule is CCc1ccc(OCCCC(=O)NCCOC)cc1. The van der Waals surface area contributed by atoms with E-state index in [0.717, 1.165) is 12.2 Å². The van der Waals surface area contributed by atoms with Crippen molar-refractivity contribution in [2.75, 3.05) is 26.9 Å². The molecule has 1 rings (SSSR count). The molecule has 4 heteroatoms. The zero-order chi connectivity index (χ0) is 13.9. The average Bonchev–Trinajstić information content (AvgIpc) is 2.44. The van der Waals surface area contributed by atoms with Crippen LogP contribution in [0.4, 0.5) is 0 Å². The van der Waals surface area contributed by atoms with Gasteiger partial charge in [-0.2, -0.15) is 0 Å². The zero-order valence-corrected chi connectivity index (χ0v) is 11.8. The zero-order valence-electron chi connectivity index (χ0n) is 11.8. The second-order valence-corrected chi connectivity index (χ2v) is 4.29. The third-order valence-electron chi connectivity index (χ3n) is 2.78. The van der Waals surface area contributed by atoms with E-state index in [0.29, 0.717) is 32.6 Å². The first-order valence-corrected chi connectivity index (χ1v) is 6.73. The molecule has 0 aliphatic carbocycles. The molecule has 0 fully saturated rings. The minimum absolute atomic E-state index is 0.0435. The predicted molar refractivity (Wildman–Crippen MR) is 75.4 cm³/mol. The molecule has 0 bridgehead atoms. The molecule has 0 saturated carbocycles. The first kappa shape index (κ1) is 15.5. The van der Waals surface area contributed by atoms with Crippen LogP contribution in [0.25, 0.3) is 0 Å². The van der Waals surface area contributed by atoms with Crippen molar-refractivity contribution in [1.82, 2.24) is 5.32 Å². The van der Waals surface area contributed by atoms with Crippen molar-refractivity contribution in [3.8, 4) is 5.75 Å². The number of aryl methyl sites for hydroxylation is 1. The molecule has 0 aliphatic heterocycles. The first-order chi connectivity index (χ1) is 9.26. The lowest BCUT2D eigenvalue weighted by Gasteiger charge is -2.07. The summed E-state index contributed by atoms with van der Waals surface area (Å²) in [6.45, 7) is 3.79. The van der Waals surface area contributed by atoms with Gasteiger partial charge in [-0.3, -0.25) is 4.79 Å². The maximum Gasteiger partial charge on any atom is 0.220 e. The molecule has 1 N–H and O–H groups in total. The number of ether oxygens (including phenoxy) is 2. The van der Waals surface area contributed by atoms with Crippen LogP contribution < -0.4 is 10.1 Å². The maximum atomic E-state index is 11.4. The number of hydrogen-bond donors (Lipinski definition) is 1. The molecule has 0 aromatic heterocycles. The van der Waals surface area contributed by atoms with Gasteiger partial charge in [-0.1, -0.05) is 19.1 Å². The minimum atomic E-state index is 0.0435. The molecule has 0 unspecified atom stereocenters. The summed E-state index contributed by atoms with van der Waals surface area (Å²) in [4.78, 5) is 11.4. The summed E-state index contributed by atoms with van der Waals surface area (Å²) < 4.78 is 10.4. The van der Waals surface area contributed by atoms with Crippen LogP contribution in [0.15, 0.2) is 24.3 Å². The van der Waals surface area contributed by atoms with Crippen molar-refractivity contribution >= 4 is 5.91 Å². The van der Waals surface area contributed by atoms with Crippen molar-refractivity contribution in [2.24, 2.45) is 0 Å². The summed E-state index contributed by atoms with van der Waals surface area (Å²) in [5.41, 5.74) is 1.30. The summed E-state index contributed by atoms with van der Waals surface area (Å²) in [5.74, 6) is 0.902. The highest BCUT2D eigenvalue weighted by Crippen LogP contribution is 2.12. The van der Waals surface area contributed by atoms with E-state index in [4.69, 9.17) is 9.47 Å². The Morgan fingerprint density at radius 3 is 2.58 bits per heavy atom. The van der Waals surface area contributed by atoms with Gasteiger partial charge in [0.05, 0.1) is 13.2 Å². The van der Waals surface area contributed by atoms with Gasteiger partial charge in [0.15, 0.2) is 0 Å². The molecule has 0 aliphatic rings. The standard InChI is InChI=1S/C15H23NO3/c1-3-13-6-8-14(9-7-13)19-11-4-5-15(17)16-10-12-18-2/h6-9H,3-5,10-12H2,1-2H3,(H,16,17). The lowest BCUT2D eigenvalue weighted by Crippen LogP contribution is -2.26. The lowest BCUT2D eigenvalue weighted by molar-refractivity contribution is -0.121. The number of carbonyl (C=O) groups excluding carboxylic acids is 1. The van der Waals surface area contributed by atoms with E-state index in [2.05, 4.69) is 24.4 Å². The predicted octanol–water partition coefficient (Wildman–Crippen LogP) is 2.17. The van der Waals surface area contributed by atoms with Crippen molar-refractivity contribution in [2.45, 2.75) is 26.2 Å². The Labute approximate surface area is 115 Å². The molecule has 1 aromatic rings. The largest absolute Gasteiger partial charge is 0.494 e. The molecule has 1 aromatic carbocycles. The maximum absolute atomic E-state index is 11.4. The van der Waals surface area contributed by atoms with Crippen molar-refractivity contribution in [3.05, 3.63) is 29.8 Å². The highest BCUT2D eigenvalue weighted by Gasteiger charge is 2.00. The molecular weight excluding hydrogens is 242 g/mol. The Hall–Kier alpha value is -1.55. The second-order valence-electron chi connectivity index (χ2n) is 4.29. The van der Waals surface area contributed by atoms with E-state index in [9.17, 15) is 4.79 Å². The van der Waals surface area contributed by atoms with Gasteiger partial charge < -0.3 is 14.8 Å². The van der Waals surface area contributed by atoms with Crippen LogP contribution in [0.2, 0.25) is 0 Å². The number of hydrogen-bond acceptors (Lipinski definition) is 3. The Balaban J connectivity index is 2.11. The van der Waals surface area contributed by atoms with Crippen LogP contribution in [0, 0.1) is 0 Å². The Morgan fingerprint density at radius 1 is 1.21 bits per heavy atom. The van der Waals surface area contributed by atoms with Crippen LogP contribution in [-0.4, -0.2) is 32.8 Å². The van der Waals surface area contributed by atoms with E-state index < -0.39 is 0 Å². The van der Waals surface area contributed by atoms with E-state index in [-0.39, 0.29) is 5.91 Å². The van der Waals surface area contributed by atoms with Gasteiger partial charge in [-0.15, -0.1) is 0 Å². The summed E-state index contributed by atoms with van der Waals surface area (Å²) in [7, 11) is 1.61. The number of nitrogens with one attached hydrogen (secondary N) is 1. The van der Waals surface area contributed by atoms with E-state index in [1.165, 1.54) is 5.56 Å². The number of rotatable bonds is 9. The number of amides is 1. The number of benzene rings is 1. The lowest BCUT2D eigenvalue weighted by atomic mass is 10.2. The topological polar surface area (TPSA) is 47.6 Å². The van der Waals surface area contributed by atoms with Gasteiger partial charge in [-0.05, 0) is 30.5 Å². The summed E-state index contributed by atoms with van der Waals surface area (Å²) >= 11 is 0. The van der Waals surface area contributed by atoms with Gasteiger partial charge in [-0.25, -0.2) is 0 Å². The second kappa shape index (κ2) is 9.39. The summed E-state index contributed by atoms with van der Waals surface area (Å²) in [5, 5.41) is 2.78. The quantitative estimate of drug-likeness (QED) is 0.696. The monoisotopic (exact) mass is 265 g/mol. The third-order valence-corrected chi connectivity index (χ3v) is 2.78. The van der Waals surface area contributed by atoms with Gasteiger partial charge in [0.25, 0.3) is 0 Å². The Kier molecular flexibility index (Phi) is 7.66. The highest BCUT2D eigenvalue weighted by atomic mass is 16.5. The van der Waals surface area contributed by atoms with Crippen LogP contribution in [0.1, 0.15) is 25.3 Å². The van der Waals surface area contributed by atoms with Crippen molar-refractivity contribution in [1.29, 1.82) is 0 Å². The van der Waals surface area contributed by atoms with Crippen LogP contribution in [-0.2, 0) is 16.0 Å². The van der Waals surface area contributed by atoms with Gasteiger partial charge in [0, 0.05) is 20.1 Å². The van der Waals surface area contributed by atoms with Crippen LogP contribution >= 0.6 is 0 Å². The van der Waals surface area contributed by atoms with E-state index >= 15 is 0 Å². The first-order valence-electron chi connectivity index (χ1n) is 6.73. The fourth-order valence-electron chi connectivity index (χ4n) is 1.63. The highest BCUT2D eigenvalue weighted by molar-refractivity contribution is 5.75. The molecule has 0 atom stereocenters. The van der Waals surface area contributed by atoms with Gasteiger partial charge in [0.1, 0.15) is 5.75 Å². The van der Waals surface area contributed by atoms with Gasteiger partial charge >= 0.3 is 0 Å². The van der Waals surface area contributed by atoms with Gasteiger partial charge in [0.2, 0.25) is 5.91 Å². The number of methoxy groups -OCH3 is 1. The van der Waals surface area contributed by atoms with E-state index in [1.807, 2.05) is 12.1 Å². The molecule has 0 saturated heterocycles. The van der Waals surface area contributed by atoms with E-state index in [1.54, 1.807) is 7.11 Å². The summed E-state index contributed by atoms with van der Waals surface area (Å²) in [6, 6.07) is 8.06. The molecule has 0 heterocycles. The summed E-state index contributed by atoms with van der Waals surface area (Å²) in [6.07, 6.45) is 2.23. The molecule has 4 nitrogen and oxygen atoms in total. The van der Waals surface area contributed by atoms with Crippen LogP contribution in [0.5, 0.6) is 5.75 Å². The molecule has 106 valence electrons. The van der Waals surface area contributed by atoms with Crippen LogP contribution in [0.3, 0.4) is 0 Å². The average molecular weight is 265 g/mol. The molecule has 0 spiro atoms. The Morgan fingerprint density at radius 2 is 1.95 bits per heavy atom. The third kappa shape index (κ3) is 6.82. The molecule has 1 amide bonds. The minimum Gasteiger partial charge on any atom is -0.494 e. The van der Waals surface area contributed by atoms with Crippen molar-refractivity contribution in [3.63, 3.8) is 0 Å². The van der Waals surface area contributed by atoms with Crippen molar-refractivity contribution < 1.29 is 14.3 Å². The molecule has 0 radical (unpaired) electrons. The fraction of sp³-hybridized carbons (Fsp3) is 0.533.